The Morgan fingerprint density at radius 1 is 0.875 bits per heavy atom. The average Bonchev–Trinajstić information content (AvgIpc) is 2.30. The Labute approximate surface area is 104 Å². The lowest BCUT2D eigenvalue weighted by atomic mass is 10.2. The summed E-state index contributed by atoms with van der Waals surface area (Å²) in [6, 6.07) is 6.87. The number of thioether (sulfide) groups is 2. The lowest BCUT2D eigenvalue weighted by molar-refractivity contribution is 0.107. The van der Waals surface area contributed by atoms with E-state index in [1.807, 2.05) is 13.8 Å². The van der Waals surface area contributed by atoms with E-state index < -0.39 is 0 Å². The fourth-order valence-corrected chi connectivity index (χ4v) is 2.30. The van der Waals surface area contributed by atoms with Crippen molar-refractivity contribution >= 4 is 33.8 Å². The van der Waals surface area contributed by atoms with Crippen LogP contribution in [0.4, 0.5) is 0 Å². The summed E-state index contributed by atoms with van der Waals surface area (Å²) in [6.45, 7) is 3.89. The lowest BCUT2D eigenvalue weighted by Gasteiger charge is -2.01. The van der Waals surface area contributed by atoms with E-state index in [4.69, 9.17) is 0 Å². The molecule has 0 aliphatic rings. The van der Waals surface area contributed by atoms with Crippen LogP contribution in [0.3, 0.4) is 0 Å². The maximum absolute atomic E-state index is 11.5. The van der Waals surface area contributed by atoms with Crippen LogP contribution in [-0.2, 0) is 0 Å². The molecular weight excluding hydrogens is 240 g/mol. The smallest absolute Gasteiger partial charge is 0.219 e. The van der Waals surface area contributed by atoms with Gasteiger partial charge in [-0.1, -0.05) is 37.4 Å². The standard InChI is InChI=1S/C12H14O2S2/c1-3-15-11(13)9-5-7-10(8-6-9)12(14)16-4-2/h5-8H,3-4H2,1-2H3. The molecule has 0 saturated heterocycles. The quantitative estimate of drug-likeness (QED) is 0.824. The van der Waals surface area contributed by atoms with Crippen molar-refractivity contribution in [1.29, 1.82) is 0 Å². The maximum Gasteiger partial charge on any atom is 0.219 e. The molecule has 2 nitrogen and oxygen atoms in total. The molecule has 0 fully saturated rings. The summed E-state index contributed by atoms with van der Waals surface area (Å²) < 4.78 is 0. The molecule has 0 aromatic heterocycles. The van der Waals surface area contributed by atoms with E-state index in [0.29, 0.717) is 11.1 Å². The van der Waals surface area contributed by atoms with Crippen molar-refractivity contribution in [3.63, 3.8) is 0 Å². The van der Waals surface area contributed by atoms with Crippen molar-refractivity contribution in [2.75, 3.05) is 11.5 Å². The molecule has 4 heteroatoms. The van der Waals surface area contributed by atoms with Crippen molar-refractivity contribution in [1.82, 2.24) is 0 Å². The van der Waals surface area contributed by atoms with Crippen molar-refractivity contribution in [3.8, 4) is 0 Å². The van der Waals surface area contributed by atoms with Gasteiger partial charge in [-0.25, -0.2) is 0 Å². The largest absolute Gasteiger partial charge is 0.282 e. The number of hydrogen-bond donors (Lipinski definition) is 0. The topological polar surface area (TPSA) is 34.1 Å². The van der Waals surface area contributed by atoms with Crippen molar-refractivity contribution in [2.45, 2.75) is 13.8 Å². The molecule has 0 aliphatic heterocycles. The molecule has 0 radical (unpaired) electrons. The van der Waals surface area contributed by atoms with Gasteiger partial charge in [-0.2, -0.15) is 0 Å². The van der Waals surface area contributed by atoms with Gasteiger partial charge in [0.2, 0.25) is 10.2 Å². The number of carbonyl (C=O) groups excluding carboxylic acids is 2. The minimum absolute atomic E-state index is 0.0599. The average molecular weight is 254 g/mol. The zero-order chi connectivity index (χ0) is 12.0. The zero-order valence-electron chi connectivity index (χ0n) is 9.36. The normalized spacial score (nSPS) is 10.1. The summed E-state index contributed by atoms with van der Waals surface area (Å²) in [4.78, 5) is 23.0. The highest BCUT2D eigenvalue weighted by Crippen LogP contribution is 2.16. The predicted octanol–water partition coefficient (Wildman–Crippen LogP) is 3.47. The summed E-state index contributed by atoms with van der Waals surface area (Å²) in [5.74, 6) is 1.54. The van der Waals surface area contributed by atoms with Crippen LogP contribution in [-0.4, -0.2) is 21.7 Å². The number of benzene rings is 1. The molecule has 0 aliphatic carbocycles. The Kier molecular flexibility index (Phi) is 5.63. The van der Waals surface area contributed by atoms with Crippen molar-refractivity contribution in [3.05, 3.63) is 35.4 Å². The van der Waals surface area contributed by atoms with Gasteiger partial charge in [-0.15, -0.1) is 0 Å². The second kappa shape index (κ2) is 6.76. The van der Waals surface area contributed by atoms with Gasteiger partial charge in [0.1, 0.15) is 0 Å². The van der Waals surface area contributed by atoms with Crippen LogP contribution in [0.2, 0.25) is 0 Å². The van der Waals surface area contributed by atoms with Gasteiger partial charge < -0.3 is 0 Å². The van der Waals surface area contributed by atoms with E-state index in [0.717, 1.165) is 11.5 Å². The third-order valence-corrected chi connectivity index (χ3v) is 3.48. The van der Waals surface area contributed by atoms with Gasteiger partial charge >= 0.3 is 0 Å². The van der Waals surface area contributed by atoms with Gasteiger partial charge in [0, 0.05) is 11.1 Å². The number of carbonyl (C=O) groups is 2. The van der Waals surface area contributed by atoms with Crippen LogP contribution in [0.1, 0.15) is 34.6 Å². The molecule has 0 unspecified atom stereocenters. The Morgan fingerprint density at radius 3 is 1.44 bits per heavy atom. The van der Waals surface area contributed by atoms with Gasteiger partial charge in [-0.3, -0.25) is 9.59 Å². The molecule has 0 amide bonds. The third kappa shape index (κ3) is 3.68. The predicted molar refractivity (Wildman–Crippen MR) is 71.4 cm³/mol. The van der Waals surface area contributed by atoms with Crippen LogP contribution in [0.5, 0.6) is 0 Å². The fourth-order valence-electron chi connectivity index (χ4n) is 1.17. The number of hydrogen-bond acceptors (Lipinski definition) is 4. The van der Waals surface area contributed by atoms with Crippen molar-refractivity contribution < 1.29 is 9.59 Å². The first kappa shape index (κ1) is 13.3. The molecule has 16 heavy (non-hydrogen) atoms. The van der Waals surface area contributed by atoms with Crippen LogP contribution in [0.25, 0.3) is 0 Å². The maximum atomic E-state index is 11.5. The Morgan fingerprint density at radius 2 is 1.19 bits per heavy atom. The van der Waals surface area contributed by atoms with Crippen LogP contribution in [0.15, 0.2) is 24.3 Å². The van der Waals surface area contributed by atoms with Gasteiger partial charge in [0.25, 0.3) is 0 Å². The van der Waals surface area contributed by atoms with E-state index in [9.17, 15) is 9.59 Å². The first-order valence-electron chi connectivity index (χ1n) is 5.13. The van der Waals surface area contributed by atoms with Crippen LogP contribution in [0, 0.1) is 0 Å². The summed E-state index contributed by atoms with van der Waals surface area (Å²) in [5.41, 5.74) is 1.31. The minimum atomic E-state index is 0.0599. The minimum Gasteiger partial charge on any atom is -0.282 e. The van der Waals surface area contributed by atoms with Gasteiger partial charge in [0.15, 0.2) is 0 Å². The fraction of sp³-hybridized carbons (Fsp3) is 0.333. The highest BCUT2D eigenvalue weighted by atomic mass is 32.2. The van der Waals surface area contributed by atoms with Crippen LogP contribution < -0.4 is 0 Å². The number of rotatable bonds is 4. The van der Waals surface area contributed by atoms with E-state index in [1.165, 1.54) is 23.5 Å². The van der Waals surface area contributed by atoms with Gasteiger partial charge in [0.05, 0.1) is 0 Å². The molecular formula is C12H14O2S2. The van der Waals surface area contributed by atoms with E-state index in [1.54, 1.807) is 24.3 Å². The molecule has 0 spiro atoms. The molecule has 1 rings (SSSR count). The molecule has 0 heterocycles. The molecule has 1 aromatic rings. The Bertz CT molecular complexity index is 334. The molecule has 0 bridgehead atoms. The summed E-state index contributed by atoms with van der Waals surface area (Å²) in [7, 11) is 0. The second-order valence-corrected chi connectivity index (χ2v) is 5.49. The highest BCUT2D eigenvalue weighted by molar-refractivity contribution is 8.14. The second-order valence-electron chi connectivity index (χ2n) is 3.02. The van der Waals surface area contributed by atoms with Crippen LogP contribution >= 0.6 is 23.5 Å². The van der Waals surface area contributed by atoms with E-state index in [-0.39, 0.29) is 10.2 Å². The third-order valence-electron chi connectivity index (χ3n) is 1.91. The lowest BCUT2D eigenvalue weighted by Crippen LogP contribution is -1.97. The summed E-state index contributed by atoms with van der Waals surface area (Å²) >= 11 is 2.56. The summed E-state index contributed by atoms with van der Waals surface area (Å²) in [5, 5.41) is 0.120. The van der Waals surface area contributed by atoms with E-state index in [2.05, 4.69) is 0 Å². The highest BCUT2D eigenvalue weighted by Gasteiger charge is 2.08. The molecule has 0 atom stereocenters. The first-order valence-corrected chi connectivity index (χ1v) is 7.10. The molecule has 0 N–H and O–H groups in total. The van der Waals surface area contributed by atoms with E-state index >= 15 is 0 Å². The van der Waals surface area contributed by atoms with Crippen molar-refractivity contribution in [2.24, 2.45) is 0 Å². The SMILES string of the molecule is CCSC(=O)c1ccc(C(=O)SCC)cc1. The molecule has 1 aromatic carbocycles. The van der Waals surface area contributed by atoms with Gasteiger partial charge in [-0.05, 0) is 35.8 Å². The first-order chi connectivity index (χ1) is 7.69. The monoisotopic (exact) mass is 254 g/mol. The zero-order valence-corrected chi connectivity index (χ0v) is 11.0. The Balaban J connectivity index is 2.75. The Hall–Kier alpha value is -0.740. The summed E-state index contributed by atoms with van der Waals surface area (Å²) in [6.07, 6.45) is 0. The molecule has 86 valence electrons. The molecule has 0 saturated carbocycles.